The first kappa shape index (κ1) is 25.9. The Morgan fingerprint density at radius 2 is 1.65 bits per heavy atom. The predicted octanol–water partition coefficient (Wildman–Crippen LogP) is 2.37. The van der Waals surface area contributed by atoms with Crippen LogP contribution >= 0.6 is 0 Å². The number of carbonyl (C=O) groups excluding carboxylic acids is 2. The molecule has 0 saturated carbocycles. The second-order valence-corrected chi connectivity index (χ2v) is 10.4. The summed E-state index contributed by atoms with van der Waals surface area (Å²) >= 11 is 0. The minimum absolute atomic E-state index is 0.00720. The van der Waals surface area contributed by atoms with E-state index < -0.39 is 27.9 Å². The van der Waals surface area contributed by atoms with Gasteiger partial charge in [-0.25, -0.2) is 18.0 Å². The Balaban J connectivity index is 1.98. The Labute approximate surface area is 215 Å². The Hall–Kier alpha value is -4.14. The van der Waals surface area contributed by atoms with E-state index in [1.54, 1.807) is 30.3 Å². The molecule has 2 heterocycles. The molecular formula is C26H26N4O6S. The summed E-state index contributed by atoms with van der Waals surface area (Å²) in [5.74, 6) is -2.92. The molecule has 10 nitrogen and oxygen atoms in total. The molecule has 0 aromatic heterocycles. The SMILES string of the molecule is COC(=O)C1=C(C(=O)OC)N(c2cccc(S(=O)(=O)N3CCCC3)c2)C(N)=C(C#N)C1c1ccccc1. The van der Waals surface area contributed by atoms with Crippen LogP contribution in [0.5, 0.6) is 0 Å². The molecule has 37 heavy (non-hydrogen) atoms. The van der Waals surface area contributed by atoms with Gasteiger partial charge in [0.25, 0.3) is 0 Å². The van der Waals surface area contributed by atoms with Crippen molar-refractivity contribution >= 4 is 27.6 Å². The summed E-state index contributed by atoms with van der Waals surface area (Å²) in [6.45, 7) is 0.824. The van der Waals surface area contributed by atoms with Gasteiger partial charge in [-0.3, -0.25) is 4.90 Å². The lowest BCUT2D eigenvalue weighted by molar-refractivity contribution is -0.139. The predicted molar refractivity (Wildman–Crippen MR) is 134 cm³/mol. The molecule has 2 aliphatic heterocycles. The number of hydrogen-bond acceptors (Lipinski definition) is 9. The largest absolute Gasteiger partial charge is 0.466 e. The van der Waals surface area contributed by atoms with Gasteiger partial charge in [0.15, 0.2) is 0 Å². The number of nitrogens with two attached hydrogens (primary N) is 1. The Kier molecular flexibility index (Phi) is 7.33. The number of nitrogens with zero attached hydrogens (tertiary/aromatic N) is 3. The number of rotatable bonds is 6. The highest BCUT2D eigenvalue weighted by molar-refractivity contribution is 7.89. The monoisotopic (exact) mass is 522 g/mol. The van der Waals surface area contributed by atoms with E-state index >= 15 is 0 Å². The lowest BCUT2D eigenvalue weighted by atomic mass is 9.81. The van der Waals surface area contributed by atoms with Crippen LogP contribution in [0.1, 0.15) is 24.3 Å². The summed E-state index contributed by atoms with van der Waals surface area (Å²) in [7, 11) is -1.50. The van der Waals surface area contributed by atoms with E-state index in [2.05, 4.69) is 6.07 Å². The molecule has 4 rings (SSSR count). The van der Waals surface area contributed by atoms with Crippen LogP contribution in [-0.2, 0) is 29.1 Å². The maximum atomic E-state index is 13.2. The fourth-order valence-electron chi connectivity index (χ4n) is 4.64. The molecule has 192 valence electrons. The van der Waals surface area contributed by atoms with Crippen molar-refractivity contribution in [1.29, 1.82) is 5.26 Å². The van der Waals surface area contributed by atoms with Crippen molar-refractivity contribution in [2.75, 3.05) is 32.2 Å². The third kappa shape index (κ3) is 4.57. The summed E-state index contributed by atoms with van der Waals surface area (Å²) < 4.78 is 37.9. The number of methoxy groups -OCH3 is 2. The smallest absolute Gasteiger partial charge is 0.355 e. The van der Waals surface area contributed by atoms with Gasteiger partial charge in [0, 0.05) is 18.8 Å². The number of carbonyl (C=O) groups is 2. The number of nitriles is 1. The topological polar surface area (TPSA) is 143 Å². The van der Waals surface area contributed by atoms with Crippen molar-refractivity contribution in [3.05, 3.63) is 82.8 Å². The first-order valence-corrected chi connectivity index (χ1v) is 13.0. The van der Waals surface area contributed by atoms with Crippen molar-refractivity contribution in [2.45, 2.75) is 23.7 Å². The molecule has 1 atom stereocenters. The molecule has 2 aliphatic rings. The molecule has 2 aromatic carbocycles. The Bertz CT molecular complexity index is 1440. The number of esters is 2. The van der Waals surface area contributed by atoms with E-state index in [-0.39, 0.29) is 33.2 Å². The van der Waals surface area contributed by atoms with Crippen LogP contribution in [0, 0.1) is 11.3 Å². The number of anilines is 1. The summed E-state index contributed by atoms with van der Waals surface area (Å²) in [4.78, 5) is 27.5. The van der Waals surface area contributed by atoms with Crippen LogP contribution in [0.15, 0.2) is 82.2 Å². The van der Waals surface area contributed by atoms with Gasteiger partial charge in [-0.05, 0) is 36.6 Å². The van der Waals surface area contributed by atoms with Gasteiger partial charge in [-0.2, -0.15) is 9.57 Å². The summed E-state index contributed by atoms with van der Waals surface area (Å²) in [5, 5.41) is 10.1. The third-order valence-electron chi connectivity index (χ3n) is 6.39. The quantitative estimate of drug-likeness (QED) is 0.566. The van der Waals surface area contributed by atoms with E-state index in [1.807, 2.05) is 0 Å². The minimum atomic E-state index is -3.81. The highest BCUT2D eigenvalue weighted by Gasteiger charge is 2.43. The number of benzene rings is 2. The van der Waals surface area contributed by atoms with Gasteiger partial charge in [0.05, 0.1) is 42.2 Å². The van der Waals surface area contributed by atoms with Crippen LogP contribution in [0.4, 0.5) is 5.69 Å². The maximum absolute atomic E-state index is 13.2. The molecule has 0 amide bonds. The van der Waals surface area contributed by atoms with Crippen molar-refractivity contribution in [1.82, 2.24) is 4.31 Å². The number of sulfonamides is 1. The molecule has 2 N–H and O–H groups in total. The van der Waals surface area contributed by atoms with E-state index in [4.69, 9.17) is 15.2 Å². The molecule has 1 saturated heterocycles. The van der Waals surface area contributed by atoms with Gasteiger partial charge in [0.1, 0.15) is 11.5 Å². The second kappa shape index (κ2) is 10.5. The standard InChI is InChI=1S/C26H26N4O6S/c1-35-25(31)22-21(17-9-4-3-5-10-17)20(16-27)24(28)30(23(22)26(32)36-2)18-11-8-12-19(15-18)37(33,34)29-13-6-7-14-29/h3-5,8-12,15,21H,6-7,13-14,28H2,1-2H3. The average Bonchev–Trinajstić information content (AvgIpc) is 3.48. The van der Waals surface area contributed by atoms with Gasteiger partial charge in [0.2, 0.25) is 10.0 Å². The first-order valence-electron chi connectivity index (χ1n) is 11.5. The zero-order chi connectivity index (χ0) is 26.7. The maximum Gasteiger partial charge on any atom is 0.355 e. The highest BCUT2D eigenvalue weighted by Crippen LogP contribution is 2.43. The molecule has 2 aromatic rings. The third-order valence-corrected chi connectivity index (χ3v) is 8.28. The van der Waals surface area contributed by atoms with Gasteiger partial charge in [-0.1, -0.05) is 36.4 Å². The molecule has 11 heteroatoms. The molecule has 1 fully saturated rings. The van der Waals surface area contributed by atoms with Crippen molar-refractivity contribution < 1.29 is 27.5 Å². The van der Waals surface area contributed by atoms with Gasteiger partial charge < -0.3 is 15.2 Å². The number of allylic oxidation sites excluding steroid dienone is 1. The zero-order valence-corrected chi connectivity index (χ0v) is 21.2. The molecule has 0 aliphatic carbocycles. The first-order chi connectivity index (χ1) is 17.8. The molecule has 0 radical (unpaired) electrons. The van der Waals surface area contributed by atoms with E-state index in [9.17, 15) is 23.3 Å². The van der Waals surface area contributed by atoms with Gasteiger partial charge in [-0.15, -0.1) is 0 Å². The second-order valence-electron chi connectivity index (χ2n) is 8.44. The van der Waals surface area contributed by atoms with Crippen molar-refractivity contribution in [3.8, 4) is 6.07 Å². The van der Waals surface area contributed by atoms with Crippen LogP contribution in [-0.4, -0.2) is 52.0 Å². The lowest BCUT2D eigenvalue weighted by Gasteiger charge is -2.36. The highest BCUT2D eigenvalue weighted by atomic mass is 32.2. The summed E-state index contributed by atoms with van der Waals surface area (Å²) in [6.07, 6.45) is 1.54. The average molecular weight is 523 g/mol. The van der Waals surface area contributed by atoms with Crippen LogP contribution in [0.25, 0.3) is 0 Å². The normalized spacial score (nSPS) is 18.5. The van der Waals surface area contributed by atoms with Gasteiger partial charge >= 0.3 is 11.9 Å². The van der Waals surface area contributed by atoms with E-state index in [1.165, 1.54) is 33.5 Å². The number of ether oxygens (including phenoxy) is 2. The lowest BCUT2D eigenvalue weighted by Crippen LogP contribution is -2.40. The van der Waals surface area contributed by atoms with E-state index in [0.29, 0.717) is 18.7 Å². The molecule has 1 unspecified atom stereocenters. The summed E-state index contributed by atoms with van der Waals surface area (Å²) in [6, 6.07) is 16.5. The molecular weight excluding hydrogens is 496 g/mol. The molecule has 0 bridgehead atoms. The summed E-state index contributed by atoms with van der Waals surface area (Å²) in [5.41, 5.74) is 6.76. The minimum Gasteiger partial charge on any atom is -0.466 e. The molecule has 0 spiro atoms. The fourth-order valence-corrected chi connectivity index (χ4v) is 6.20. The van der Waals surface area contributed by atoms with Crippen LogP contribution < -0.4 is 10.6 Å². The Morgan fingerprint density at radius 1 is 1.00 bits per heavy atom. The van der Waals surface area contributed by atoms with E-state index in [0.717, 1.165) is 27.1 Å². The van der Waals surface area contributed by atoms with Crippen molar-refractivity contribution in [2.24, 2.45) is 5.73 Å². The van der Waals surface area contributed by atoms with Crippen molar-refractivity contribution in [3.63, 3.8) is 0 Å². The number of hydrogen-bond donors (Lipinski definition) is 1. The Morgan fingerprint density at radius 3 is 2.24 bits per heavy atom. The fraction of sp³-hybridized carbons (Fsp3) is 0.269. The van der Waals surface area contributed by atoms with Crippen LogP contribution in [0.3, 0.4) is 0 Å². The zero-order valence-electron chi connectivity index (χ0n) is 20.4. The van der Waals surface area contributed by atoms with Crippen LogP contribution in [0.2, 0.25) is 0 Å².